The molecule has 0 aliphatic carbocycles. The molecule has 0 saturated carbocycles. The van der Waals surface area contributed by atoms with E-state index in [4.69, 9.17) is 5.73 Å². The zero-order valence-electron chi connectivity index (χ0n) is 10.8. The van der Waals surface area contributed by atoms with Crippen molar-refractivity contribution in [3.05, 3.63) is 42.6 Å². The number of fused-ring (bicyclic) bond motifs is 1. The number of imidazole rings is 1. The Morgan fingerprint density at radius 1 is 1.10 bits per heavy atom. The number of benzene rings is 1. The van der Waals surface area contributed by atoms with Gasteiger partial charge in [-0.05, 0) is 30.3 Å². The number of nitrogens with two attached hydrogens (primary N) is 1. The summed E-state index contributed by atoms with van der Waals surface area (Å²) in [4.78, 5) is 12.1. The SMILES string of the molecule is Nc1nnc(-c2ccc3nc(-c4ccccn4)[nH]c3c2)s1. The third-order valence-corrected chi connectivity index (χ3v) is 3.88. The Hall–Kier alpha value is -2.80. The van der Waals surface area contributed by atoms with E-state index >= 15 is 0 Å². The van der Waals surface area contributed by atoms with Crippen LogP contribution >= 0.6 is 11.3 Å². The lowest BCUT2D eigenvalue weighted by atomic mass is 10.2. The number of hydrogen-bond donors (Lipinski definition) is 2. The number of nitrogen functional groups attached to an aromatic ring is 1. The quantitative estimate of drug-likeness (QED) is 0.593. The van der Waals surface area contributed by atoms with E-state index in [0.29, 0.717) is 5.13 Å². The second-order valence-electron chi connectivity index (χ2n) is 4.48. The first-order valence-electron chi connectivity index (χ1n) is 6.30. The van der Waals surface area contributed by atoms with E-state index in [-0.39, 0.29) is 0 Å². The van der Waals surface area contributed by atoms with Gasteiger partial charge in [0.1, 0.15) is 10.7 Å². The van der Waals surface area contributed by atoms with E-state index in [0.717, 1.165) is 33.1 Å². The number of aromatic nitrogens is 5. The van der Waals surface area contributed by atoms with Crippen molar-refractivity contribution in [3.8, 4) is 22.1 Å². The van der Waals surface area contributed by atoms with Crippen LogP contribution in [0, 0.1) is 0 Å². The first-order valence-corrected chi connectivity index (χ1v) is 7.12. The van der Waals surface area contributed by atoms with Gasteiger partial charge in [0.2, 0.25) is 5.13 Å². The molecule has 0 fully saturated rings. The van der Waals surface area contributed by atoms with Crippen LogP contribution in [0.1, 0.15) is 0 Å². The molecule has 0 radical (unpaired) electrons. The van der Waals surface area contributed by atoms with Gasteiger partial charge >= 0.3 is 0 Å². The summed E-state index contributed by atoms with van der Waals surface area (Å²) in [7, 11) is 0. The molecule has 21 heavy (non-hydrogen) atoms. The molecule has 0 aliphatic heterocycles. The fraction of sp³-hybridized carbons (Fsp3) is 0. The van der Waals surface area contributed by atoms with Crippen LogP contribution in [0.25, 0.3) is 33.1 Å². The van der Waals surface area contributed by atoms with Crippen LogP contribution in [-0.2, 0) is 0 Å². The van der Waals surface area contributed by atoms with Crippen LogP contribution in [0.2, 0.25) is 0 Å². The molecule has 0 unspecified atom stereocenters. The van der Waals surface area contributed by atoms with Crippen molar-refractivity contribution < 1.29 is 0 Å². The number of aromatic amines is 1. The normalized spacial score (nSPS) is 11.0. The van der Waals surface area contributed by atoms with Crippen molar-refractivity contribution in [3.63, 3.8) is 0 Å². The second-order valence-corrected chi connectivity index (χ2v) is 5.49. The lowest BCUT2D eigenvalue weighted by Crippen LogP contribution is -1.82. The highest BCUT2D eigenvalue weighted by molar-refractivity contribution is 7.18. The molecule has 7 heteroatoms. The molecule has 4 aromatic rings. The third-order valence-electron chi connectivity index (χ3n) is 3.08. The molecule has 0 aliphatic rings. The van der Waals surface area contributed by atoms with E-state index in [2.05, 4.69) is 25.1 Å². The summed E-state index contributed by atoms with van der Waals surface area (Å²) in [5.41, 5.74) is 9.22. The number of H-pyrrole nitrogens is 1. The van der Waals surface area contributed by atoms with Gasteiger partial charge in [-0.3, -0.25) is 4.98 Å². The van der Waals surface area contributed by atoms with Gasteiger partial charge in [-0.1, -0.05) is 17.4 Å². The zero-order chi connectivity index (χ0) is 14.2. The minimum absolute atomic E-state index is 0.462. The van der Waals surface area contributed by atoms with Crippen molar-refractivity contribution in [1.29, 1.82) is 0 Å². The van der Waals surface area contributed by atoms with Gasteiger partial charge in [0, 0.05) is 11.8 Å². The molecule has 0 saturated heterocycles. The molecule has 0 atom stereocenters. The van der Waals surface area contributed by atoms with Crippen molar-refractivity contribution in [2.75, 3.05) is 5.73 Å². The average molecular weight is 294 g/mol. The summed E-state index contributed by atoms with van der Waals surface area (Å²) in [5.74, 6) is 0.750. The highest BCUT2D eigenvalue weighted by atomic mass is 32.1. The Bertz CT molecular complexity index is 912. The number of nitrogens with one attached hydrogen (secondary N) is 1. The summed E-state index contributed by atoms with van der Waals surface area (Å²) in [6, 6.07) is 11.6. The fourth-order valence-electron chi connectivity index (χ4n) is 2.12. The number of rotatable bonds is 2. The van der Waals surface area contributed by atoms with E-state index in [9.17, 15) is 0 Å². The number of pyridine rings is 1. The maximum absolute atomic E-state index is 5.63. The van der Waals surface area contributed by atoms with Crippen LogP contribution in [0.4, 0.5) is 5.13 Å². The summed E-state index contributed by atoms with van der Waals surface area (Å²) in [6.07, 6.45) is 1.75. The Balaban J connectivity index is 1.82. The van der Waals surface area contributed by atoms with E-state index in [1.807, 2.05) is 36.4 Å². The Morgan fingerprint density at radius 2 is 2.05 bits per heavy atom. The monoisotopic (exact) mass is 294 g/mol. The topological polar surface area (TPSA) is 93.4 Å². The molecule has 1 aromatic carbocycles. The Morgan fingerprint density at radius 3 is 2.81 bits per heavy atom. The van der Waals surface area contributed by atoms with Crippen molar-refractivity contribution in [2.45, 2.75) is 0 Å². The molecular weight excluding hydrogens is 284 g/mol. The fourth-order valence-corrected chi connectivity index (χ4v) is 2.72. The largest absolute Gasteiger partial charge is 0.374 e. The first-order chi connectivity index (χ1) is 10.3. The molecule has 102 valence electrons. The van der Waals surface area contributed by atoms with Crippen LogP contribution in [0.5, 0.6) is 0 Å². The number of nitrogens with zero attached hydrogens (tertiary/aromatic N) is 4. The molecule has 3 N–H and O–H groups in total. The Labute approximate surface area is 123 Å². The minimum atomic E-state index is 0.462. The van der Waals surface area contributed by atoms with Gasteiger partial charge in [-0.25, -0.2) is 4.98 Å². The maximum atomic E-state index is 5.63. The van der Waals surface area contributed by atoms with Gasteiger partial charge < -0.3 is 10.7 Å². The van der Waals surface area contributed by atoms with Gasteiger partial charge in [-0.2, -0.15) is 0 Å². The summed E-state index contributed by atoms with van der Waals surface area (Å²) >= 11 is 1.36. The molecule has 0 spiro atoms. The van der Waals surface area contributed by atoms with Crippen LogP contribution in [-0.4, -0.2) is 25.1 Å². The average Bonchev–Trinajstić information content (AvgIpc) is 3.13. The van der Waals surface area contributed by atoms with Crippen LogP contribution in [0.15, 0.2) is 42.6 Å². The summed E-state index contributed by atoms with van der Waals surface area (Å²) < 4.78 is 0. The molecule has 3 aromatic heterocycles. The highest BCUT2D eigenvalue weighted by Gasteiger charge is 2.09. The van der Waals surface area contributed by atoms with Gasteiger partial charge in [0.05, 0.1) is 11.0 Å². The predicted molar refractivity (Wildman–Crippen MR) is 82.6 cm³/mol. The molecular formula is C14H10N6S. The predicted octanol–water partition coefficient (Wildman–Crippen LogP) is 2.73. The smallest absolute Gasteiger partial charge is 0.203 e. The number of hydrogen-bond acceptors (Lipinski definition) is 6. The molecule has 4 rings (SSSR count). The van der Waals surface area contributed by atoms with Crippen molar-refractivity contribution in [1.82, 2.24) is 25.1 Å². The van der Waals surface area contributed by atoms with Gasteiger partial charge in [-0.15, -0.1) is 10.2 Å². The van der Waals surface area contributed by atoms with E-state index < -0.39 is 0 Å². The lowest BCUT2D eigenvalue weighted by Gasteiger charge is -1.94. The van der Waals surface area contributed by atoms with E-state index in [1.165, 1.54) is 11.3 Å². The summed E-state index contributed by atoms with van der Waals surface area (Å²) in [6.45, 7) is 0. The molecule has 0 amide bonds. The van der Waals surface area contributed by atoms with Crippen molar-refractivity contribution in [2.24, 2.45) is 0 Å². The molecule has 6 nitrogen and oxygen atoms in total. The zero-order valence-corrected chi connectivity index (χ0v) is 11.6. The van der Waals surface area contributed by atoms with Crippen LogP contribution in [0.3, 0.4) is 0 Å². The standard InChI is InChI=1S/C14H10N6S/c15-14-20-19-13(21-14)8-4-5-9-11(7-8)18-12(17-9)10-3-1-2-6-16-10/h1-7H,(H2,15,20)(H,17,18). The maximum Gasteiger partial charge on any atom is 0.203 e. The third kappa shape index (κ3) is 2.13. The van der Waals surface area contributed by atoms with Crippen molar-refractivity contribution >= 4 is 27.5 Å². The van der Waals surface area contributed by atoms with Gasteiger partial charge in [0.25, 0.3) is 0 Å². The Kier molecular flexibility index (Phi) is 2.65. The second kappa shape index (κ2) is 4.64. The van der Waals surface area contributed by atoms with Gasteiger partial charge in [0.15, 0.2) is 5.82 Å². The summed E-state index contributed by atoms with van der Waals surface area (Å²) in [5, 5.41) is 9.15. The lowest BCUT2D eigenvalue weighted by molar-refractivity contribution is 1.10. The number of anilines is 1. The molecule has 0 bridgehead atoms. The molecule has 3 heterocycles. The minimum Gasteiger partial charge on any atom is -0.374 e. The van der Waals surface area contributed by atoms with E-state index in [1.54, 1.807) is 6.20 Å². The highest BCUT2D eigenvalue weighted by Crippen LogP contribution is 2.28. The first kappa shape index (κ1) is 12.0. The van der Waals surface area contributed by atoms with Crippen LogP contribution < -0.4 is 5.73 Å².